The smallest absolute Gasteiger partial charge is 0.247 e. The normalized spacial score (nSPS) is 15.1. The zero-order chi connectivity index (χ0) is 19.7. The van der Waals surface area contributed by atoms with Crippen LogP contribution in [0.1, 0.15) is 30.0 Å². The van der Waals surface area contributed by atoms with Crippen LogP contribution in [0.4, 0.5) is 4.39 Å². The standard InChI is InChI=1S/C21H22FN3O3/c1-13(20-23-24-21(28-20)14-4-6-17(22)7-5-14)25-9-8-15-10-18(26-2)19(27-3)11-16(15)12-25/h4-7,10-11,13H,8-9,12H2,1-3H3/t13-/m0/s1. The number of halogens is 1. The van der Waals surface area contributed by atoms with E-state index in [1.54, 1.807) is 26.4 Å². The lowest BCUT2D eigenvalue weighted by molar-refractivity contribution is 0.166. The highest BCUT2D eigenvalue weighted by atomic mass is 19.1. The Balaban J connectivity index is 1.54. The molecule has 0 bridgehead atoms. The van der Waals surface area contributed by atoms with Crippen LogP contribution in [0.3, 0.4) is 0 Å². The zero-order valence-electron chi connectivity index (χ0n) is 16.1. The van der Waals surface area contributed by atoms with Gasteiger partial charge in [-0.1, -0.05) is 0 Å². The van der Waals surface area contributed by atoms with Gasteiger partial charge >= 0.3 is 0 Å². The quantitative estimate of drug-likeness (QED) is 0.663. The molecule has 2 heterocycles. The molecule has 0 fully saturated rings. The second-order valence-corrected chi connectivity index (χ2v) is 6.82. The van der Waals surface area contributed by atoms with Crippen molar-refractivity contribution in [2.24, 2.45) is 0 Å². The molecule has 0 N–H and O–H groups in total. The number of hydrogen-bond acceptors (Lipinski definition) is 6. The van der Waals surface area contributed by atoms with Crippen LogP contribution in [-0.4, -0.2) is 35.9 Å². The van der Waals surface area contributed by atoms with Crippen molar-refractivity contribution >= 4 is 0 Å². The monoisotopic (exact) mass is 383 g/mol. The summed E-state index contributed by atoms with van der Waals surface area (Å²) < 4.78 is 29.8. The number of benzene rings is 2. The lowest BCUT2D eigenvalue weighted by Crippen LogP contribution is -2.33. The topological polar surface area (TPSA) is 60.6 Å². The maximum Gasteiger partial charge on any atom is 0.247 e. The van der Waals surface area contributed by atoms with Crippen LogP contribution in [0.15, 0.2) is 40.8 Å². The minimum Gasteiger partial charge on any atom is -0.493 e. The van der Waals surface area contributed by atoms with Crippen molar-refractivity contribution in [2.45, 2.75) is 25.9 Å². The Labute approximate surface area is 162 Å². The zero-order valence-corrected chi connectivity index (χ0v) is 16.1. The van der Waals surface area contributed by atoms with E-state index in [9.17, 15) is 4.39 Å². The summed E-state index contributed by atoms with van der Waals surface area (Å²) in [7, 11) is 3.29. The molecule has 0 spiro atoms. The van der Waals surface area contributed by atoms with Crippen LogP contribution in [0, 0.1) is 5.82 Å². The average molecular weight is 383 g/mol. The van der Waals surface area contributed by atoms with Gasteiger partial charge in [0.2, 0.25) is 11.8 Å². The molecule has 1 atom stereocenters. The van der Waals surface area contributed by atoms with Gasteiger partial charge in [-0.05, 0) is 60.9 Å². The first-order valence-corrected chi connectivity index (χ1v) is 9.16. The third-order valence-electron chi connectivity index (χ3n) is 5.18. The van der Waals surface area contributed by atoms with Crippen molar-refractivity contribution in [1.82, 2.24) is 15.1 Å². The lowest BCUT2D eigenvalue weighted by atomic mass is 9.97. The van der Waals surface area contributed by atoms with Crippen LogP contribution in [0.2, 0.25) is 0 Å². The number of methoxy groups -OCH3 is 2. The first kappa shape index (κ1) is 18.4. The molecule has 7 heteroatoms. The number of hydrogen-bond donors (Lipinski definition) is 0. The Morgan fingerprint density at radius 1 is 1.04 bits per heavy atom. The molecule has 0 radical (unpaired) electrons. The van der Waals surface area contributed by atoms with E-state index in [0.717, 1.165) is 31.0 Å². The summed E-state index contributed by atoms with van der Waals surface area (Å²) in [5, 5.41) is 8.33. The number of rotatable bonds is 5. The predicted octanol–water partition coefficient (Wildman–Crippen LogP) is 4.01. The third kappa shape index (κ3) is 3.45. The van der Waals surface area contributed by atoms with Gasteiger partial charge in [-0.25, -0.2) is 4.39 Å². The number of fused-ring (bicyclic) bond motifs is 1. The van der Waals surface area contributed by atoms with Crippen LogP contribution in [0.25, 0.3) is 11.5 Å². The van der Waals surface area contributed by atoms with Gasteiger partial charge in [0, 0.05) is 18.7 Å². The molecular weight excluding hydrogens is 361 g/mol. The molecule has 3 aromatic rings. The minimum absolute atomic E-state index is 0.0389. The van der Waals surface area contributed by atoms with Crippen LogP contribution < -0.4 is 9.47 Å². The summed E-state index contributed by atoms with van der Waals surface area (Å²) in [6, 6.07) is 10.1. The molecule has 0 saturated heterocycles. The van der Waals surface area contributed by atoms with E-state index >= 15 is 0 Å². The average Bonchev–Trinajstić information content (AvgIpc) is 3.22. The molecule has 0 unspecified atom stereocenters. The Morgan fingerprint density at radius 3 is 2.39 bits per heavy atom. The van der Waals surface area contributed by atoms with Gasteiger partial charge in [0.15, 0.2) is 11.5 Å². The van der Waals surface area contributed by atoms with E-state index in [0.29, 0.717) is 17.3 Å². The minimum atomic E-state index is -0.295. The Bertz CT molecular complexity index is 972. The summed E-state index contributed by atoms with van der Waals surface area (Å²) >= 11 is 0. The first-order chi connectivity index (χ1) is 13.6. The van der Waals surface area contributed by atoms with Gasteiger partial charge in [-0.2, -0.15) is 0 Å². The fraction of sp³-hybridized carbons (Fsp3) is 0.333. The molecule has 1 aliphatic heterocycles. The van der Waals surface area contributed by atoms with Crippen LogP contribution in [0.5, 0.6) is 11.5 Å². The summed E-state index contributed by atoms with van der Waals surface area (Å²) in [6.45, 7) is 3.68. The maximum absolute atomic E-state index is 13.1. The van der Waals surface area contributed by atoms with E-state index in [2.05, 4.69) is 21.2 Å². The fourth-order valence-corrected chi connectivity index (χ4v) is 3.50. The van der Waals surface area contributed by atoms with Gasteiger partial charge in [-0.15, -0.1) is 10.2 Å². The molecule has 28 heavy (non-hydrogen) atoms. The Kier molecular flexibility index (Phi) is 5.00. The van der Waals surface area contributed by atoms with Gasteiger partial charge in [-0.3, -0.25) is 4.90 Å². The Hall–Kier alpha value is -2.93. The van der Waals surface area contributed by atoms with Crippen molar-refractivity contribution in [3.05, 3.63) is 59.2 Å². The van der Waals surface area contributed by atoms with Gasteiger partial charge in [0.05, 0.1) is 20.3 Å². The molecule has 0 amide bonds. The largest absolute Gasteiger partial charge is 0.493 e. The van der Waals surface area contributed by atoms with Crippen molar-refractivity contribution < 1.29 is 18.3 Å². The highest BCUT2D eigenvalue weighted by Crippen LogP contribution is 2.35. The van der Waals surface area contributed by atoms with Crippen molar-refractivity contribution in [3.8, 4) is 23.0 Å². The summed E-state index contributed by atoms with van der Waals surface area (Å²) in [4.78, 5) is 2.29. The van der Waals surface area contributed by atoms with E-state index < -0.39 is 0 Å². The van der Waals surface area contributed by atoms with Gasteiger partial charge in [0.25, 0.3) is 0 Å². The molecule has 1 aromatic heterocycles. The van der Waals surface area contributed by atoms with Gasteiger partial charge < -0.3 is 13.9 Å². The number of aromatic nitrogens is 2. The first-order valence-electron chi connectivity index (χ1n) is 9.16. The third-order valence-corrected chi connectivity index (χ3v) is 5.18. The van der Waals surface area contributed by atoms with Gasteiger partial charge in [0.1, 0.15) is 5.82 Å². The molecule has 0 saturated carbocycles. The maximum atomic E-state index is 13.1. The molecule has 2 aromatic carbocycles. The van der Waals surface area contributed by atoms with E-state index in [-0.39, 0.29) is 11.9 Å². The molecule has 146 valence electrons. The van der Waals surface area contributed by atoms with Crippen molar-refractivity contribution in [3.63, 3.8) is 0 Å². The second kappa shape index (κ2) is 7.59. The summed E-state index contributed by atoms with van der Waals surface area (Å²) in [5.41, 5.74) is 3.17. The van der Waals surface area contributed by atoms with E-state index in [1.165, 1.54) is 23.3 Å². The molecule has 6 nitrogen and oxygen atoms in total. The van der Waals surface area contributed by atoms with Crippen LogP contribution in [-0.2, 0) is 13.0 Å². The summed E-state index contributed by atoms with van der Waals surface area (Å²) in [5.74, 6) is 2.13. The SMILES string of the molecule is COc1cc2c(cc1OC)CN([C@@H](C)c1nnc(-c3ccc(F)cc3)o1)CC2. The fourth-order valence-electron chi connectivity index (χ4n) is 3.50. The molecule has 0 aliphatic carbocycles. The lowest BCUT2D eigenvalue weighted by Gasteiger charge is -2.32. The highest BCUT2D eigenvalue weighted by Gasteiger charge is 2.27. The van der Waals surface area contributed by atoms with Crippen molar-refractivity contribution in [2.75, 3.05) is 20.8 Å². The molecule has 4 rings (SSSR count). The summed E-state index contributed by atoms with van der Waals surface area (Å²) in [6.07, 6.45) is 0.902. The highest BCUT2D eigenvalue weighted by molar-refractivity contribution is 5.52. The number of nitrogens with zero attached hydrogens (tertiary/aromatic N) is 3. The number of ether oxygens (including phenoxy) is 2. The van der Waals surface area contributed by atoms with Crippen molar-refractivity contribution in [1.29, 1.82) is 0 Å². The second-order valence-electron chi connectivity index (χ2n) is 6.82. The molecular formula is C21H22FN3O3. The van der Waals surface area contributed by atoms with Crippen LogP contribution >= 0.6 is 0 Å². The Morgan fingerprint density at radius 2 is 1.71 bits per heavy atom. The van der Waals surface area contributed by atoms with E-state index in [1.807, 2.05) is 13.0 Å². The van der Waals surface area contributed by atoms with E-state index in [4.69, 9.17) is 13.9 Å². The predicted molar refractivity (Wildman–Crippen MR) is 102 cm³/mol. The molecule has 1 aliphatic rings.